The monoisotopic (exact) mass is 415 g/mol. The van der Waals surface area contributed by atoms with Crippen molar-refractivity contribution in [3.63, 3.8) is 0 Å². The lowest BCUT2D eigenvalue weighted by Gasteiger charge is -2.46. The Hall–Kier alpha value is -2.47. The number of piperidine rings is 1. The summed E-state index contributed by atoms with van der Waals surface area (Å²) in [6.45, 7) is 1.86. The van der Waals surface area contributed by atoms with Crippen LogP contribution in [0, 0.1) is 17.6 Å². The van der Waals surface area contributed by atoms with Crippen molar-refractivity contribution in [1.82, 2.24) is 4.90 Å². The molecule has 1 spiro atoms. The Balaban J connectivity index is 1.37. The maximum absolute atomic E-state index is 14.0. The molecule has 2 saturated heterocycles. The lowest BCUT2D eigenvalue weighted by atomic mass is 9.77. The first kappa shape index (κ1) is 20.8. The number of amides is 1. The van der Waals surface area contributed by atoms with E-state index in [0.717, 1.165) is 37.7 Å². The molecule has 2 heterocycles. The second-order valence-corrected chi connectivity index (χ2v) is 8.37. The van der Waals surface area contributed by atoms with E-state index in [0.29, 0.717) is 31.2 Å². The number of hydrogen-bond donors (Lipinski definition) is 0. The largest absolute Gasteiger partial charge is 0.494 e. The van der Waals surface area contributed by atoms with E-state index in [1.807, 2.05) is 6.07 Å². The van der Waals surface area contributed by atoms with Gasteiger partial charge < -0.3 is 14.4 Å². The normalized spacial score (nSPS) is 20.9. The number of halogens is 2. The van der Waals surface area contributed by atoms with Crippen LogP contribution in [0.3, 0.4) is 0 Å². The molecule has 0 aromatic heterocycles. The third-order valence-corrected chi connectivity index (χ3v) is 6.37. The number of ether oxygens (including phenoxy) is 2. The molecule has 2 aromatic carbocycles. The lowest BCUT2D eigenvalue weighted by molar-refractivity contribution is -0.123. The van der Waals surface area contributed by atoms with Gasteiger partial charge in [0, 0.05) is 25.3 Å². The summed E-state index contributed by atoms with van der Waals surface area (Å²) in [7, 11) is 1.40. The number of carbonyl (C=O) groups is 1. The van der Waals surface area contributed by atoms with Crippen molar-refractivity contribution in [2.45, 2.75) is 37.7 Å². The number of benzene rings is 2. The van der Waals surface area contributed by atoms with Crippen LogP contribution in [0.15, 0.2) is 42.5 Å². The lowest BCUT2D eigenvalue weighted by Crippen LogP contribution is -2.51. The first-order valence-electron chi connectivity index (χ1n) is 10.5. The van der Waals surface area contributed by atoms with E-state index >= 15 is 0 Å². The molecule has 0 saturated carbocycles. The third-order valence-electron chi connectivity index (χ3n) is 6.37. The second-order valence-electron chi connectivity index (χ2n) is 8.37. The summed E-state index contributed by atoms with van der Waals surface area (Å²) >= 11 is 0. The summed E-state index contributed by atoms with van der Waals surface area (Å²) < 4.78 is 38.6. The fourth-order valence-electron chi connectivity index (χ4n) is 4.75. The highest BCUT2D eigenvalue weighted by atomic mass is 19.1. The first-order valence-corrected chi connectivity index (χ1v) is 10.5. The molecule has 6 heteroatoms. The van der Waals surface area contributed by atoms with Crippen molar-refractivity contribution in [3.8, 4) is 5.75 Å². The van der Waals surface area contributed by atoms with Crippen LogP contribution in [0.5, 0.6) is 5.75 Å². The summed E-state index contributed by atoms with van der Waals surface area (Å²) in [5.41, 5.74) is 1.13. The van der Waals surface area contributed by atoms with Gasteiger partial charge in [-0.2, -0.15) is 0 Å². The van der Waals surface area contributed by atoms with Crippen LogP contribution in [0.1, 0.15) is 41.6 Å². The van der Waals surface area contributed by atoms with E-state index in [-0.39, 0.29) is 23.1 Å². The summed E-state index contributed by atoms with van der Waals surface area (Å²) in [5, 5.41) is 0. The SMILES string of the molecule is COc1ccc(C(=O)N2CCC3(CC2)CC(Cc2cccc(F)c2)CCO3)cc1F. The highest BCUT2D eigenvalue weighted by Crippen LogP contribution is 2.39. The predicted molar refractivity (Wildman–Crippen MR) is 110 cm³/mol. The molecule has 0 N–H and O–H groups in total. The Morgan fingerprint density at radius 3 is 2.70 bits per heavy atom. The van der Waals surface area contributed by atoms with E-state index in [2.05, 4.69) is 0 Å². The van der Waals surface area contributed by atoms with Gasteiger partial charge in [0.2, 0.25) is 0 Å². The molecule has 0 aliphatic carbocycles. The van der Waals surface area contributed by atoms with E-state index in [9.17, 15) is 13.6 Å². The molecule has 4 nitrogen and oxygen atoms in total. The molecule has 4 rings (SSSR count). The summed E-state index contributed by atoms with van der Waals surface area (Å²) in [5.74, 6) is -0.329. The Kier molecular flexibility index (Phi) is 6.04. The Morgan fingerprint density at radius 2 is 2.00 bits per heavy atom. The molecule has 2 aliphatic heterocycles. The summed E-state index contributed by atoms with van der Waals surface area (Å²) in [6, 6.07) is 11.1. The van der Waals surface area contributed by atoms with Gasteiger partial charge in [0.05, 0.1) is 12.7 Å². The van der Waals surface area contributed by atoms with Gasteiger partial charge in [0.15, 0.2) is 11.6 Å². The van der Waals surface area contributed by atoms with Crippen LogP contribution in [-0.2, 0) is 11.2 Å². The highest BCUT2D eigenvalue weighted by molar-refractivity contribution is 5.94. The van der Waals surface area contributed by atoms with Crippen molar-refractivity contribution >= 4 is 5.91 Å². The zero-order chi connectivity index (χ0) is 21.1. The minimum Gasteiger partial charge on any atom is -0.494 e. The number of rotatable bonds is 4. The second kappa shape index (κ2) is 8.72. The average molecular weight is 415 g/mol. The Morgan fingerprint density at radius 1 is 1.20 bits per heavy atom. The van der Waals surface area contributed by atoms with Gasteiger partial charge in [-0.25, -0.2) is 8.78 Å². The zero-order valence-electron chi connectivity index (χ0n) is 17.2. The number of likely N-dealkylation sites (tertiary alicyclic amines) is 1. The van der Waals surface area contributed by atoms with Gasteiger partial charge in [-0.05, 0) is 73.9 Å². The fraction of sp³-hybridized carbons (Fsp3) is 0.458. The van der Waals surface area contributed by atoms with Gasteiger partial charge in [0.25, 0.3) is 5.91 Å². The zero-order valence-corrected chi connectivity index (χ0v) is 17.2. The summed E-state index contributed by atoms with van der Waals surface area (Å²) in [6.07, 6.45) is 4.25. The third kappa shape index (κ3) is 4.48. The molecule has 160 valence electrons. The smallest absolute Gasteiger partial charge is 0.253 e. The maximum Gasteiger partial charge on any atom is 0.253 e. The minimum absolute atomic E-state index is 0.129. The van der Waals surface area contributed by atoms with Crippen molar-refractivity contribution in [3.05, 3.63) is 65.2 Å². The van der Waals surface area contributed by atoms with Gasteiger partial charge in [0.1, 0.15) is 5.82 Å². The van der Waals surface area contributed by atoms with Crippen LogP contribution in [0.4, 0.5) is 8.78 Å². The number of hydrogen-bond acceptors (Lipinski definition) is 3. The van der Waals surface area contributed by atoms with E-state index < -0.39 is 5.82 Å². The number of nitrogens with zero attached hydrogens (tertiary/aromatic N) is 1. The molecule has 2 fully saturated rings. The molecular formula is C24H27F2NO3. The van der Waals surface area contributed by atoms with E-state index in [1.54, 1.807) is 23.1 Å². The maximum atomic E-state index is 14.0. The highest BCUT2D eigenvalue weighted by Gasteiger charge is 2.41. The van der Waals surface area contributed by atoms with Gasteiger partial charge in [-0.3, -0.25) is 4.79 Å². The van der Waals surface area contributed by atoms with Crippen molar-refractivity contribution in [2.75, 3.05) is 26.8 Å². The molecular weight excluding hydrogens is 388 g/mol. The van der Waals surface area contributed by atoms with Crippen LogP contribution in [-0.4, -0.2) is 43.2 Å². The summed E-state index contributed by atoms with van der Waals surface area (Å²) in [4.78, 5) is 14.6. The average Bonchev–Trinajstić information content (AvgIpc) is 2.74. The number of carbonyl (C=O) groups excluding carboxylic acids is 1. The molecule has 2 aromatic rings. The molecule has 1 amide bonds. The molecule has 1 atom stereocenters. The van der Waals surface area contributed by atoms with Crippen LogP contribution < -0.4 is 4.74 Å². The quantitative estimate of drug-likeness (QED) is 0.732. The topological polar surface area (TPSA) is 38.8 Å². The van der Waals surface area contributed by atoms with Gasteiger partial charge >= 0.3 is 0 Å². The molecule has 0 radical (unpaired) electrons. The molecule has 0 bridgehead atoms. The molecule has 1 unspecified atom stereocenters. The Bertz CT molecular complexity index is 909. The van der Waals surface area contributed by atoms with Crippen LogP contribution >= 0.6 is 0 Å². The van der Waals surface area contributed by atoms with Crippen molar-refractivity contribution < 1.29 is 23.0 Å². The van der Waals surface area contributed by atoms with E-state index in [4.69, 9.17) is 9.47 Å². The number of methoxy groups -OCH3 is 1. The van der Waals surface area contributed by atoms with Crippen LogP contribution in [0.2, 0.25) is 0 Å². The first-order chi connectivity index (χ1) is 14.5. The van der Waals surface area contributed by atoms with E-state index in [1.165, 1.54) is 25.3 Å². The predicted octanol–water partition coefficient (Wildman–Crippen LogP) is 4.62. The standard InChI is InChI=1S/C24H27F2NO3/c1-29-22-6-5-19(15-21(22)26)23(28)27-10-8-24(9-11-27)16-18(7-12-30-24)13-17-3-2-4-20(25)14-17/h2-6,14-15,18H,7-13,16H2,1H3. The van der Waals surface area contributed by atoms with Crippen LogP contribution in [0.25, 0.3) is 0 Å². The molecule has 2 aliphatic rings. The van der Waals surface area contributed by atoms with Crippen molar-refractivity contribution in [2.24, 2.45) is 5.92 Å². The Labute approximate surface area is 175 Å². The molecule has 30 heavy (non-hydrogen) atoms. The van der Waals surface area contributed by atoms with Gasteiger partial charge in [-0.1, -0.05) is 12.1 Å². The fourth-order valence-corrected chi connectivity index (χ4v) is 4.75. The minimum atomic E-state index is -0.535. The van der Waals surface area contributed by atoms with Gasteiger partial charge in [-0.15, -0.1) is 0 Å². The van der Waals surface area contributed by atoms with Crippen molar-refractivity contribution in [1.29, 1.82) is 0 Å².